The maximum Gasteiger partial charge on any atom is 0.115 e. The lowest BCUT2D eigenvalue weighted by atomic mass is 10.0. The maximum absolute atomic E-state index is 8.91. The van der Waals surface area contributed by atoms with Crippen LogP contribution in [-0.4, -0.2) is 23.4 Å². The summed E-state index contributed by atoms with van der Waals surface area (Å²) in [6, 6.07) is 0. The van der Waals surface area contributed by atoms with Crippen LogP contribution in [0.3, 0.4) is 0 Å². The number of aliphatic hydroxyl groups excluding tert-OH is 1. The van der Waals surface area contributed by atoms with Crippen molar-refractivity contribution >= 4 is 0 Å². The van der Waals surface area contributed by atoms with Gasteiger partial charge < -0.3 is 9.84 Å². The fraction of sp³-hybridized carbons (Fsp3) is 1.00. The predicted molar refractivity (Wildman–Crippen MR) is 49.1 cm³/mol. The Bertz CT molecular complexity index is 136. The molecule has 2 heteroatoms. The highest BCUT2D eigenvalue weighted by Gasteiger charge is 2.50. The standard InChI is InChI=1S/C10H20O2/c1-3-4-5-6-7-9-10(2,8-11)12-9/h9,11H,3-8H2,1-2H3. The Kier molecular flexibility index (Phi) is 3.53. The largest absolute Gasteiger partial charge is 0.393 e. The predicted octanol–water partition coefficient (Wildman–Crippen LogP) is 2.11. The lowest BCUT2D eigenvalue weighted by Crippen LogP contribution is -2.14. The number of aliphatic hydroxyl groups is 1. The van der Waals surface area contributed by atoms with Crippen LogP contribution in [0.2, 0.25) is 0 Å². The summed E-state index contributed by atoms with van der Waals surface area (Å²) < 4.78 is 5.38. The molecule has 2 nitrogen and oxygen atoms in total. The van der Waals surface area contributed by atoms with E-state index < -0.39 is 0 Å². The molecule has 0 aliphatic carbocycles. The summed E-state index contributed by atoms with van der Waals surface area (Å²) >= 11 is 0. The Labute approximate surface area is 74.9 Å². The quantitative estimate of drug-likeness (QED) is 0.491. The molecule has 1 heterocycles. The third-order valence-electron chi connectivity index (χ3n) is 2.67. The lowest BCUT2D eigenvalue weighted by Gasteiger charge is -1.99. The molecule has 0 aromatic carbocycles. The molecule has 0 bridgehead atoms. The first-order valence-electron chi connectivity index (χ1n) is 5.01. The maximum atomic E-state index is 8.91. The van der Waals surface area contributed by atoms with Crippen LogP contribution in [0.5, 0.6) is 0 Å². The van der Waals surface area contributed by atoms with E-state index in [1.165, 1.54) is 25.7 Å². The Morgan fingerprint density at radius 2 is 2.08 bits per heavy atom. The van der Waals surface area contributed by atoms with Gasteiger partial charge >= 0.3 is 0 Å². The number of rotatable bonds is 6. The Morgan fingerprint density at radius 3 is 2.58 bits per heavy atom. The molecule has 72 valence electrons. The van der Waals surface area contributed by atoms with Crippen molar-refractivity contribution in [3.63, 3.8) is 0 Å². The summed E-state index contributed by atoms with van der Waals surface area (Å²) in [6.07, 6.45) is 6.60. The van der Waals surface area contributed by atoms with Gasteiger partial charge in [-0.05, 0) is 13.3 Å². The van der Waals surface area contributed by atoms with Crippen molar-refractivity contribution in [2.75, 3.05) is 6.61 Å². The fourth-order valence-electron chi connectivity index (χ4n) is 1.55. The van der Waals surface area contributed by atoms with Crippen molar-refractivity contribution in [1.82, 2.24) is 0 Å². The van der Waals surface area contributed by atoms with E-state index in [1.54, 1.807) is 0 Å². The van der Waals surface area contributed by atoms with Gasteiger partial charge in [-0.2, -0.15) is 0 Å². The van der Waals surface area contributed by atoms with E-state index in [9.17, 15) is 0 Å². The van der Waals surface area contributed by atoms with Gasteiger partial charge in [0.15, 0.2) is 0 Å². The minimum absolute atomic E-state index is 0.172. The molecule has 1 aliphatic rings. The SMILES string of the molecule is CCCCCCC1OC1(C)CO. The lowest BCUT2D eigenvalue weighted by molar-refractivity contribution is 0.184. The molecule has 1 aliphatic heterocycles. The molecule has 1 saturated heterocycles. The number of epoxide rings is 1. The van der Waals surface area contributed by atoms with Crippen molar-refractivity contribution in [2.45, 2.75) is 57.7 Å². The van der Waals surface area contributed by atoms with E-state index >= 15 is 0 Å². The summed E-state index contributed by atoms with van der Waals surface area (Å²) in [7, 11) is 0. The summed E-state index contributed by atoms with van der Waals surface area (Å²) in [4.78, 5) is 0. The van der Waals surface area contributed by atoms with Crippen LogP contribution in [0.25, 0.3) is 0 Å². The molecule has 0 saturated carbocycles. The molecule has 1 rings (SSSR count). The van der Waals surface area contributed by atoms with Gasteiger partial charge in [-0.1, -0.05) is 32.6 Å². The molecule has 0 spiro atoms. The second kappa shape index (κ2) is 4.24. The highest BCUT2D eigenvalue weighted by Crippen LogP contribution is 2.38. The summed E-state index contributed by atoms with van der Waals surface area (Å²) in [5.74, 6) is 0. The van der Waals surface area contributed by atoms with Gasteiger partial charge in [0.05, 0.1) is 12.7 Å². The average Bonchev–Trinajstić information content (AvgIpc) is 2.73. The van der Waals surface area contributed by atoms with Crippen LogP contribution < -0.4 is 0 Å². The summed E-state index contributed by atoms with van der Waals surface area (Å²) in [6.45, 7) is 4.37. The van der Waals surface area contributed by atoms with Crippen LogP contribution in [-0.2, 0) is 4.74 Å². The first-order chi connectivity index (χ1) is 5.73. The van der Waals surface area contributed by atoms with Gasteiger partial charge in [-0.25, -0.2) is 0 Å². The molecule has 1 fully saturated rings. The van der Waals surface area contributed by atoms with Crippen LogP contribution >= 0.6 is 0 Å². The Balaban J connectivity index is 1.97. The summed E-state index contributed by atoms with van der Waals surface area (Å²) in [5, 5.41) is 8.91. The van der Waals surface area contributed by atoms with E-state index in [-0.39, 0.29) is 12.2 Å². The molecule has 1 N–H and O–H groups in total. The van der Waals surface area contributed by atoms with Crippen LogP contribution in [0.15, 0.2) is 0 Å². The van der Waals surface area contributed by atoms with Crippen molar-refractivity contribution < 1.29 is 9.84 Å². The van der Waals surface area contributed by atoms with E-state index in [0.29, 0.717) is 6.10 Å². The van der Waals surface area contributed by atoms with Gasteiger partial charge in [0, 0.05) is 0 Å². The van der Waals surface area contributed by atoms with Crippen molar-refractivity contribution in [2.24, 2.45) is 0 Å². The van der Waals surface area contributed by atoms with Gasteiger partial charge in [0.1, 0.15) is 5.60 Å². The second-order valence-corrected chi connectivity index (χ2v) is 3.93. The zero-order chi connectivity index (χ0) is 9.03. The summed E-state index contributed by atoms with van der Waals surface area (Å²) in [5.41, 5.74) is -0.188. The zero-order valence-corrected chi connectivity index (χ0v) is 8.18. The molecule has 0 aromatic rings. The minimum atomic E-state index is -0.188. The second-order valence-electron chi connectivity index (χ2n) is 3.93. The molecule has 0 amide bonds. The normalized spacial score (nSPS) is 33.8. The number of hydrogen-bond donors (Lipinski definition) is 1. The molecular weight excluding hydrogens is 152 g/mol. The van der Waals surface area contributed by atoms with Gasteiger partial charge in [0.25, 0.3) is 0 Å². The molecule has 0 radical (unpaired) electrons. The van der Waals surface area contributed by atoms with E-state index in [4.69, 9.17) is 9.84 Å². The molecule has 0 aromatic heterocycles. The minimum Gasteiger partial charge on any atom is -0.393 e. The molecule has 2 atom stereocenters. The number of hydrogen-bond acceptors (Lipinski definition) is 2. The molecule has 12 heavy (non-hydrogen) atoms. The van der Waals surface area contributed by atoms with E-state index in [2.05, 4.69) is 6.92 Å². The zero-order valence-electron chi connectivity index (χ0n) is 8.18. The van der Waals surface area contributed by atoms with Crippen molar-refractivity contribution in [3.8, 4) is 0 Å². The van der Waals surface area contributed by atoms with Crippen LogP contribution in [0, 0.1) is 0 Å². The van der Waals surface area contributed by atoms with Crippen molar-refractivity contribution in [3.05, 3.63) is 0 Å². The van der Waals surface area contributed by atoms with E-state index in [0.717, 1.165) is 6.42 Å². The van der Waals surface area contributed by atoms with Gasteiger partial charge in [0.2, 0.25) is 0 Å². The van der Waals surface area contributed by atoms with Crippen LogP contribution in [0.4, 0.5) is 0 Å². The first kappa shape index (κ1) is 10.0. The van der Waals surface area contributed by atoms with Gasteiger partial charge in [-0.15, -0.1) is 0 Å². The number of ether oxygens (including phenoxy) is 1. The fourth-order valence-corrected chi connectivity index (χ4v) is 1.55. The number of unbranched alkanes of at least 4 members (excludes halogenated alkanes) is 3. The van der Waals surface area contributed by atoms with Crippen molar-refractivity contribution in [1.29, 1.82) is 0 Å². The average molecular weight is 172 g/mol. The van der Waals surface area contributed by atoms with Gasteiger partial charge in [-0.3, -0.25) is 0 Å². The molecule has 2 unspecified atom stereocenters. The van der Waals surface area contributed by atoms with Crippen LogP contribution in [0.1, 0.15) is 46.0 Å². The Morgan fingerprint density at radius 1 is 1.33 bits per heavy atom. The third-order valence-corrected chi connectivity index (χ3v) is 2.67. The third kappa shape index (κ3) is 2.46. The Hall–Kier alpha value is -0.0800. The molecular formula is C10H20O2. The smallest absolute Gasteiger partial charge is 0.115 e. The topological polar surface area (TPSA) is 32.8 Å². The highest BCUT2D eigenvalue weighted by molar-refractivity contribution is 4.98. The van der Waals surface area contributed by atoms with E-state index in [1.807, 2.05) is 6.92 Å². The first-order valence-corrected chi connectivity index (χ1v) is 5.01. The monoisotopic (exact) mass is 172 g/mol. The highest BCUT2D eigenvalue weighted by atomic mass is 16.6.